The normalized spacial score (nSPS) is 10.8. The quantitative estimate of drug-likeness (QED) is 0.798. The predicted octanol–water partition coefficient (Wildman–Crippen LogP) is 0.410. The Balaban J connectivity index is 3.00. The second-order valence-electron chi connectivity index (χ2n) is 1.94. The summed E-state index contributed by atoms with van der Waals surface area (Å²) in [7, 11) is -3.60. The topological polar surface area (TPSA) is 84.8 Å². The van der Waals surface area contributed by atoms with Gasteiger partial charge in [-0.2, -0.15) is 0 Å². The summed E-state index contributed by atoms with van der Waals surface area (Å²) in [5.41, 5.74) is 0. The maximum atomic E-state index is 10.9. The number of rotatable bonds is 3. The summed E-state index contributed by atoms with van der Waals surface area (Å²) in [6.07, 6.45) is 1.18. The van der Waals surface area contributed by atoms with E-state index in [1.807, 2.05) is 4.72 Å². The van der Waals surface area contributed by atoms with Gasteiger partial charge in [-0.1, -0.05) is 18.2 Å². The van der Waals surface area contributed by atoms with Gasteiger partial charge in [0.25, 0.3) is 10.0 Å². The summed E-state index contributed by atoms with van der Waals surface area (Å²) in [6.45, 7) is 3.10. The highest BCUT2D eigenvalue weighted by Crippen LogP contribution is 2.16. The highest BCUT2D eigenvalue weighted by Gasteiger charge is 2.09. The van der Waals surface area contributed by atoms with Crippen molar-refractivity contribution >= 4 is 27.4 Å². The molecule has 0 fully saturated rings. The smallest absolute Gasteiger partial charge is 0.255 e. The lowest BCUT2D eigenvalue weighted by Gasteiger charge is -2.01. The van der Waals surface area contributed by atoms with E-state index in [2.05, 4.69) is 22.0 Å². The van der Waals surface area contributed by atoms with Gasteiger partial charge in [0.15, 0.2) is 5.82 Å². The number of hydrogen-bond donors (Lipinski definition) is 1. The first-order chi connectivity index (χ1) is 6.05. The Morgan fingerprint density at radius 1 is 1.62 bits per heavy atom. The van der Waals surface area contributed by atoms with Gasteiger partial charge < -0.3 is 0 Å². The van der Waals surface area contributed by atoms with Crippen LogP contribution in [0.2, 0.25) is 5.02 Å². The van der Waals surface area contributed by atoms with Crippen molar-refractivity contribution in [2.45, 2.75) is 0 Å². The first kappa shape index (κ1) is 9.87. The Morgan fingerprint density at radius 2 is 2.31 bits per heavy atom. The molecule has 0 amide bonds. The van der Waals surface area contributed by atoms with Gasteiger partial charge in [0.05, 0.1) is 6.20 Å². The molecule has 1 aromatic heterocycles. The minimum atomic E-state index is -3.60. The summed E-state index contributed by atoms with van der Waals surface area (Å²) >= 11 is 5.56. The highest BCUT2D eigenvalue weighted by atomic mass is 35.5. The van der Waals surface area contributed by atoms with Gasteiger partial charge in [-0.3, -0.25) is 4.72 Å². The summed E-state index contributed by atoms with van der Waals surface area (Å²) in [4.78, 5) is 0. The van der Waals surface area contributed by atoms with Crippen molar-refractivity contribution in [2.24, 2.45) is 0 Å². The fourth-order valence-corrected chi connectivity index (χ4v) is 1.19. The van der Waals surface area contributed by atoms with E-state index in [-0.39, 0.29) is 10.8 Å². The van der Waals surface area contributed by atoms with Crippen LogP contribution in [0.1, 0.15) is 0 Å². The van der Waals surface area contributed by atoms with Gasteiger partial charge in [0, 0.05) is 5.41 Å². The Bertz CT molecular complexity index is 418. The fourth-order valence-electron chi connectivity index (χ4n) is 0.502. The summed E-state index contributed by atoms with van der Waals surface area (Å²) in [6, 6.07) is 0. The predicted molar refractivity (Wildman–Crippen MR) is 47.6 cm³/mol. The Kier molecular flexibility index (Phi) is 2.79. The van der Waals surface area contributed by atoms with E-state index >= 15 is 0 Å². The molecular weight excluding hydrogens is 216 g/mol. The molecule has 0 aliphatic heterocycles. The van der Waals surface area contributed by atoms with Crippen LogP contribution in [0.5, 0.6) is 0 Å². The zero-order valence-electron chi connectivity index (χ0n) is 6.31. The molecule has 70 valence electrons. The van der Waals surface area contributed by atoms with E-state index in [0.29, 0.717) is 0 Å². The van der Waals surface area contributed by atoms with Crippen LogP contribution in [0.25, 0.3) is 0 Å². The van der Waals surface area contributed by atoms with Crippen LogP contribution in [0.15, 0.2) is 18.2 Å². The largest absolute Gasteiger partial charge is 0.261 e. The minimum Gasteiger partial charge on any atom is -0.261 e. The van der Waals surface area contributed by atoms with Crippen LogP contribution >= 0.6 is 11.6 Å². The number of anilines is 1. The van der Waals surface area contributed by atoms with Crippen molar-refractivity contribution in [3.8, 4) is 0 Å². The Morgan fingerprint density at radius 3 is 2.85 bits per heavy atom. The maximum Gasteiger partial charge on any atom is 0.255 e. The monoisotopic (exact) mass is 220 g/mol. The van der Waals surface area contributed by atoms with E-state index < -0.39 is 10.0 Å². The van der Waals surface area contributed by atoms with E-state index in [9.17, 15) is 8.42 Å². The van der Waals surface area contributed by atoms with Crippen LogP contribution in [0.4, 0.5) is 5.82 Å². The van der Waals surface area contributed by atoms with Crippen molar-refractivity contribution in [2.75, 3.05) is 4.72 Å². The molecule has 0 aromatic carbocycles. The molecule has 0 saturated heterocycles. The van der Waals surface area contributed by atoms with Gasteiger partial charge in [-0.05, 0) is 5.21 Å². The van der Waals surface area contributed by atoms with E-state index in [4.69, 9.17) is 11.6 Å². The van der Waals surface area contributed by atoms with Crippen molar-refractivity contribution in [1.29, 1.82) is 0 Å². The van der Waals surface area contributed by atoms with Crippen LogP contribution in [-0.2, 0) is 10.0 Å². The first-order valence-electron chi connectivity index (χ1n) is 3.04. The Labute approximate surface area is 79.7 Å². The summed E-state index contributed by atoms with van der Waals surface area (Å²) in [5, 5.41) is 10.8. The molecule has 0 unspecified atom stereocenters. The Hall–Kier alpha value is -1.21. The van der Waals surface area contributed by atoms with Crippen molar-refractivity contribution in [1.82, 2.24) is 15.4 Å². The van der Waals surface area contributed by atoms with E-state index in [0.717, 1.165) is 5.41 Å². The number of hydrogen-bond acceptors (Lipinski definition) is 5. The highest BCUT2D eigenvalue weighted by molar-refractivity contribution is 7.95. The van der Waals surface area contributed by atoms with Crippen molar-refractivity contribution < 1.29 is 8.42 Å². The zero-order chi connectivity index (χ0) is 9.90. The maximum absolute atomic E-state index is 10.9. The lowest BCUT2D eigenvalue weighted by Crippen LogP contribution is -2.11. The molecule has 0 saturated carbocycles. The second-order valence-corrected chi connectivity index (χ2v) is 3.98. The average molecular weight is 221 g/mol. The SMILES string of the molecule is C=CS(=O)(=O)Nc1nnncc1Cl. The molecule has 0 atom stereocenters. The fraction of sp³-hybridized carbons (Fsp3) is 0. The third-order valence-corrected chi connectivity index (χ3v) is 2.25. The molecule has 0 aliphatic carbocycles. The molecule has 1 rings (SSSR count). The molecular formula is C5H5ClN4O2S. The number of halogens is 1. The first-order valence-corrected chi connectivity index (χ1v) is 4.97. The molecule has 0 bridgehead atoms. The third kappa shape index (κ3) is 2.63. The van der Waals surface area contributed by atoms with Crippen LogP contribution in [-0.4, -0.2) is 23.8 Å². The van der Waals surface area contributed by atoms with Crippen LogP contribution < -0.4 is 4.72 Å². The molecule has 1 aromatic rings. The number of aromatic nitrogens is 3. The lowest BCUT2D eigenvalue weighted by molar-refractivity contribution is 0.609. The molecule has 1 N–H and O–H groups in total. The van der Waals surface area contributed by atoms with Crippen LogP contribution in [0.3, 0.4) is 0 Å². The van der Waals surface area contributed by atoms with Gasteiger partial charge in [0.2, 0.25) is 0 Å². The van der Waals surface area contributed by atoms with Gasteiger partial charge in [-0.25, -0.2) is 8.42 Å². The molecule has 1 heterocycles. The molecule has 0 radical (unpaired) electrons. The van der Waals surface area contributed by atoms with E-state index in [1.54, 1.807) is 0 Å². The van der Waals surface area contributed by atoms with Gasteiger partial charge in [-0.15, -0.1) is 10.2 Å². The van der Waals surface area contributed by atoms with Crippen molar-refractivity contribution in [3.05, 3.63) is 23.2 Å². The van der Waals surface area contributed by atoms with Gasteiger partial charge in [0.1, 0.15) is 5.02 Å². The summed E-state index contributed by atoms with van der Waals surface area (Å²) < 4.78 is 23.9. The standard InChI is InChI=1S/C5H5ClN4O2S/c1-2-13(11,12)9-5-4(6)3-7-10-8-5/h2-3H,1H2,(H,7,8,9). The number of nitrogens with zero attached hydrogens (tertiary/aromatic N) is 3. The van der Waals surface area contributed by atoms with Gasteiger partial charge >= 0.3 is 0 Å². The van der Waals surface area contributed by atoms with E-state index in [1.165, 1.54) is 6.20 Å². The average Bonchev–Trinajstić information content (AvgIpc) is 2.09. The minimum absolute atomic E-state index is 0.0698. The summed E-state index contributed by atoms with van der Waals surface area (Å²) in [5.74, 6) is -0.0726. The lowest BCUT2D eigenvalue weighted by atomic mass is 10.6. The molecule has 13 heavy (non-hydrogen) atoms. The second kappa shape index (κ2) is 3.67. The van der Waals surface area contributed by atoms with Crippen LogP contribution in [0, 0.1) is 0 Å². The third-order valence-electron chi connectivity index (χ3n) is 1.05. The molecule has 0 spiro atoms. The number of nitrogens with one attached hydrogen (secondary N) is 1. The molecule has 6 nitrogen and oxygen atoms in total. The molecule has 0 aliphatic rings. The molecule has 8 heteroatoms. The zero-order valence-corrected chi connectivity index (χ0v) is 7.88. The number of sulfonamides is 1. The van der Waals surface area contributed by atoms with Crippen molar-refractivity contribution in [3.63, 3.8) is 0 Å².